The predicted molar refractivity (Wildman–Crippen MR) is 116 cm³/mol. The van der Waals surface area contributed by atoms with E-state index in [1.807, 2.05) is 17.4 Å². The van der Waals surface area contributed by atoms with Crippen LogP contribution < -0.4 is 0 Å². The summed E-state index contributed by atoms with van der Waals surface area (Å²) in [5, 5.41) is 7.84. The minimum absolute atomic E-state index is 1.15. The second-order valence-electron chi connectivity index (χ2n) is 6.83. The number of thiophene rings is 1. The molecule has 122 valence electrons. The smallest absolute Gasteiger partial charge is 0.0479 e. The van der Waals surface area contributed by atoms with Crippen molar-refractivity contribution in [1.82, 2.24) is 4.98 Å². The zero-order valence-corrected chi connectivity index (χ0v) is 14.9. The SMILES string of the molecule is C=Cc1ccc2[nH]c3cc4sc5cc6ccccc6cc5c4cc3c2c1. The number of nitrogens with one attached hydrogen (secondary N) is 1. The molecule has 0 amide bonds. The summed E-state index contributed by atoms with van der Waals surface area (Å²) in [6, 6.07) is 24.4. The van der Waals surface area contributed by atoms with E-state index in [-0.39, 0.29) is 0 Å². The van der Waals surface area contributed by atoms with Crippen molar-refractivity contribution >= 4 is 70.2 Å². The molecule has 1 nitrogen and oxygen atoms in total. The standard InChI is InChI=1S/C24H15NS/c1-2-14-7-8-21-17(9-14)18-12-20-19-10-15-5-3-4-6-16(15)11-23(19)26-24(20)13-22(18)25-21/h2-13,25H,1H2. The van der Waals surface area contributed by atoms with Gasteiger partial charge in [0.05, 0.1) is 0 Å². The lowest BCUT2D eigenvalue weighted by atomic mass is 10.0. The van der Waals surface area contributed by atoms with Crippen molar-refractivity contribution in [3.8, 4) is 0 Å². The normalized spacial score (nSPS) is 12.0. The second-order valence-corrected chi connectivity index (χ2v) is 7.91. The van der Waals surface area contributed by atoms with Crippen molar-refractivity contribution in [2.75, 3.05) is 0 Å². The summed E-state index contributed by atoms with van der Waals surface area (Å²) >= 11 is 1.87. The summed E-state index contributed by atoms with van der Waals surface area (Å²) in [6.45, 7) is 3.91. The molecule has 2 heterocycles. The Hall–Kier alpha value is -3.10. The van der Waals surface area contributed by atoms with E-state index < -0.39 is 0 Å². The molecule has 2 heteroatoms. The van der Waals surface area contributed by atoms with Crippen LogP contribution in [0.2, 0.25) is 0 Å². The molecule has 0 aliphatic carbocycles. The van der Waals surface area contributed by atoms with E-state index in [1.165, 1.54) is 52.8 Å². The molecule has 0 bridgehead atoms. The molecule has 6 rings (SSSR count). The number of aromatic amines is 1. The van der Waals surface area contributed by atoms with E-state index in [1.54, 1.807) is 0 Å². The summed E-state index contributed by atoms with van der Waals surface area (Å²) in [4.78, 5) is 3.57. The number of benzene rings is 4. The zero-order chi connectivity index (χ0) is 17.3. The van der Waals surface area contributed by atoms with Crippen LogP contribution in [0.1, 0.15) is 5.56 Å². The quantitative estimate of drug-likeness (QED) is 0.316. The lowest BCUT2D eigenvalue weighted by molar-refractivity contribution is 1.55. The van der Waals surface area contributed by atoms with Crippen LogP contribution in [-0.4, -0.2) is 4.98 Å². The van der Waals surface area contributed by atoms with Crippen molar-refractivity contribution in [2.45, 2.75) is 0 Å². The van der Waals surface area contributed by atoms with Gasteiger partial charge in [0.2, 0.25) is 0 Å². The molecule has 0 atom stereocenters. The van der Waals surface area contributed by atoms with E-state index in [9.17, 15) is 0 Å². The number of H-pyrrole nitrogens is 1. The fraction of sp³-hybridized carbons (Fsp3) is 0. The maximum Gasteiger partial charge on any atom is 0.0479 e. The van der Waals surface area contributed by atoms with E-state index in [0.29, 0.717) is 0 Å². The number of aromatic nitrogens is 1. The molecule has 6 aromatic rings. The Morgan fingerprint density at radius 2 is 1.42 bits per heavy atom. The molecule has 1 N–H and O–H groups in total. The predicted octanol–water partition coefficient (Wildman–Crippen LogP) is 7.49. The van der Waals surface area contributed by atoms with Crippen LogP contribution >= 0.6 is 11.3 Å². The van der Waals surface area contributed by atoms with E-state index in [4.69, 9.17) is 0 Å². The number of hydrogen-bond acceptors (Lipinski definition) is 1. The largest absolute Gasteiger partial charge is 0.354 e. The maximum atomic E-state index is 3.91. The van der Waals surface area contributed by atoms with Gasteiger partial charge in [-0.15, -0.1) is 11.3 Å². The molecule has 26 heavy (non-hydrogen) atoms. The van der Waals surface area contributed by atoms with Crippen molar-refractivity contribution in [2.24, 2.45) is 0 Å². The highest BCUT2D eigenvalue weighted by molar-refractivity contribution is 7.26. The third kappa shape index (κ3) is 1.85. The average Bonchev–Trinajstić information content (AvgIpc) is 3.20. The van der Waals surface area contributed by atoms with Gasteiger partial charge in [-0.25, -0.2) is 0 Å². The lowest BCUT2D eigenvalue weighted by Crippen LogP contribution is -1.73. The third-order valence-corrected chi connectivity index (χ3v) is 6.43. The van der Waals surface area contributed by atoms with Gasteiger partial charge in [-0.1, -0.05) is 43.0 Å². The molecule has 0 aliphatic heterocycles. The molecule has 4 aromatic carbocycles. The Kier molecular flexibility index (Phi) is 2.69. The summed E-state index contributed by atoms with van der Waals surface area (Å²) in [6.07, 6.45) is 1.91. The van der Waals surface area contributed by atoms with Crippen LogP contribution in [0, 0.1) is 0 Å². The molecule has 0 radical (unpaired) electrons. The molecule has 0 aliphatic rings. The van der Waals surface area contributed by atoms with Gasteiger partial charge in [-0.3, -0.25) is 0 Å². The fourth-order valence-corrected chi connectivity index (χ4v) is 5.16. The van der Waals surface area contributed by atoms with Gasteiger partial charge in [0.25, 0.3) is 0 Å². The number of fused-ring (bicyclic) bond motifs is 7. The van der Waals surface area contributed by atoms with Gasteiger partial charge in [0, 0.05) is 42.0 Å². The molecule has 0 saturated heterocycles. The number of rotatable bonds is 1. The summed E-state index contributed by atoms with van der Waals surface area (Å²) in [7, 11) is 0. The van der Waals surface area contributed by atoms with E-state index in [0.717, 1.165) is 5.56 Å². The zero-order valence-electron chi connectivity index (χ0n) is 14.0. The Bertz CT molecular complexity index is 1500. The molecule has 2 aromatic heterocycles. The first-order valence-electron chi connectivity index (χ1n) is 8.73. The fourth-order valence-electron chi connectivity index (χ4n) is 4.00. The molecular formula is C24H15NS. The first-order chi connectivity index (χ1) is 12.8. The van der Waals surface area contributed by atoms with Crippen molar-refractivity contribution < 1.29 is 0 Å². The van der Waals surface area contributed by atoms with Gasteiger partial charge < -0.3 is 4.98 Å². The molecule has 0 saturated carbocycles. The summed E-state index contributed by atoms with van der Waals surface area (Å²) in [5.74, 6) is 0. The third-order valence-electron chi connectivity index (χ3n) is 5.32. The van der Waals surface area contributed by atoms with E-state index >= 15 is 0 Å². The molecule has 0 spiro atoms. The Morgan fingerprint density at radius 3 is 2.27 bits per heavy atom. The van der Waals surface area contributed by atoms with Crippen LogP contribution in [0.3, 0.4) is 0 Å². The number of hydrogen-bond donors (Lipinski definition) is 1. The molecule has 0 unspecified atom stereocenters. The van der Waals surface area contributed by atoms with Gasteiger partial charge in [-0.2, -0.15) is 0 Å². The van der Waals surface area contributed by atoms with Gasteiger partial charge in [0.15, 0.2) is 0 Å². The van der Waals surface area contributed by atoms with Crippen molar-refractivity contribution in [1.29, 1.82) is 0 Å². The highest BCUT2D eigenvalue weighted by Gasteiger charge is 2.11. The first kappa shape index (κ1) is 14.1. The van der Waals surface area contributed by atoms with Crippen LogP contribution in [0.25, 0.3) is 58.8 Å². The maximum absolute atomic E-state index is 3.91. The van der Waals surface area contributed by atoms with Crippen molar-refractivity contribution in [3.63, 3.8) is 0 Å². The van der Waals surface area contributed by atoms with Crippen LogP contribution in [0.4, 0.5) is 0 Å². The monoisotopic (exact) mass is 349 g/mol. The minimum atomic E-state index is 1.15. The second kappa shape index (κ2) is 4.96. The highest BCUT2D eigenvalue weighted by Crippen LogP contribution is 2.40. The lowest BCUT2D eigenvalue weighted by Gasteiger charge is -1.99. The first-order valence-corrected chi connectivity index (χ1v) is 9.55. The minimum Gasteiger partial charge on any atom is -0.354 e. The van der Waals surface area contributed by atoms with Crippen LogP contribution in [-0.2, 0) is 0 Å². The Morgan fingerprint density at radius 1 is 0.692 bits per heavy atom. The summed E-state index contributed by atoms with van der Waals surface area (Å²) in [5.41, 5.74) is 3.53. The highest BCUT2D eigenvalue weighted by atomic mass is 32.1. The Balaban J connectivity index is 1.78. The summed E-state index contributed by atoms with van der Waals surface area (Å²) < 4.78 is 2.68. The van der Waals surface area contributed by atoms with Crippen LogP contribution in [0.5, 0.6) is 0 Å². The average molecular weight is 349 g/mol. The van der Waals surface area contributed by atoms with E-state index in [2.05, 4.69) is 78.3 Å². The Labute approximate surface area is 154 Å². The molecule has 0 fully saturated rings. The van der Waals surface area contributed by atoms with Gasteiger partial charge in [0.1, 0.15) is 0 Å². The van der Waals surface area contributed by atoms with Crippen LogP contribution in [0.15, 0.2) is 73.3 Å². The van der Waals surface area contributed by atoms with Gasteiger partial charge >= 0.3 is 0 Å². The van der Waals surface area contributed by atoms with Gasteiger partial charge in [-0.05, 0) is 52.7 Å². The topological polar surface area (TPSA) is 15.8 Å². The molecular weight excluding hydrogens is 334 g/mol. The van der Waals surface area contributed by atoms with Crippen molar-refractivity contribution in [3.05, 3.63) is 78.9 Å².